The average Bonchev–Trinajstić information content (AvgIpc) is 2.35. The summed E-state index contributed by atoms with van der Waals surface area (Å²) >= 11 is 0. The van der Waals surface area contributed by atoms with Crippen molar-refractivity contribution in [3.8, 4) is 5.75 Å². The van der Waals surface area contributed by atoms with Gasteiger partial charge in [-0.1, -0.05) is 26.8 Å². The molecule has 0 radical (unpaired) electrons. The molecule has 0 unspecified atom stereocenters. The van der Waals surface area contributed by atoms with Gasteiger partial charge in [0.1, 0.15) is 11.4 Å². The van der Waals surface area contributed by atoms with Crippen LogP contribution in [-0.2, 0) is 21.4 Å². The summed E-state index contributed by atoms with van der Waals surface area (Å²) in [6.07, 6.45) is 0.760. The first-order chi connectivity index (χ1) is 9.16. The Morgan fingerprint density at radius 3 is 2.40 bits per heavy atom. The Morgan fingerprint density at radius 2 is 1.95 bits per heavy atom. The van der Waals surface area contributed by atoms with Gasteiger partial charge in [0, 0.05) is 12.0 Å². The van der Waals surface area contributed by atoms with Crippen molar-refractivity contribution in [3.63, 3.8) is 0 Å². The third-order valence-electron chi connectivity index (χ3n) is 3.08. The minimum Gasteiger partial charge on any atom is -0.505 e. The van der Waals surface area contributed by atoms with Crippen molar-refractivity contribution in [1.29, 1.82) is 0 Å². The number of aryl methyl sites for hydroxylation is 1. The van der Waals surface area contributed by atoms with Gasteiger partial charge in [-0.2, -0.15) is 0 Å². The summed E-state index contributed by atoms with van der Waals surface area (Å²) in [7, 11) is 1.35. The van der Waals surface area contributed by atoms with Crippen LogP contribution in [0.1, 0.15) is 38.3 Å². The van der Waals surface area contributed by atoms with Crippen LogP contribution in [0.4, 0.5) is 5.69 Å². The molecular formula is C14H23N3O3. The number of aromatic hydroxyl groups is 1. The van der Waals surface area contributed by atoms with Gasteiger partial charge in [0.15, 0.2) is 0 Å². The molecule has 6 nitrogen and oxygen atoms in total. The molecule has 0 heterocycles. The summed E-state index contributed by atoms with van der Waals surface area (Å²) in [5.74, 6) is 10.9. The fourth-order valence-corrected chi connectivity index (χ4v) is 1.94. The highest BCUT2D eigenvalue weighted by Crippen LogP contribution is 2.38. The Labute approximate surface area is 119 Å². The lowest BCUT2D eigenvalue weighted by molar-refractivity contribution is -0.140. The van der Waals surface area contributed by atoms with E-state index in [0.717, 1.165) is 16.2 Å². The van der Waals surface area contributed by atoms with Crippen molar-refractivity contribution in [2.75, 3.05) is 12.2 Å². The second-order valence-electron chi connectivity index (χ2n) is 5.74. The number of carbonyl (C=O) groups excluding carboxylic acids is 1. The van der Waals surface area contributed by atoms with Crippen LogP contribution in [0.5, 0.6) is 5.75 Å². The number of phenolic OH excluding ortho intramolecular Hbond substituents is 1. The predicted molar refractivity (Wildman–Crippen MR) is 78.0 cm³/mol. The maximum atomic E-state index is 11.2. The minimum absolute atomic E-state index is 0.0596. The second-order valence-corrected chi connectivity index (χ2v) is 5.74. The topological polar surface area (TPSA) is 102 Å². The number of rotatable bonds is 4. The summed E-state index contributed by atoms with van der Waals surface area (Å²) in [5, 5.41) is 11.1. The number of hydrogen-bond donors (Lipinski definition) is 3. The summed E-state index contributed by atoms with van der Waals surface area (Å²) in [5.41, 5.74) is 1.66. The van der Waals surface area contributed by atoms with E-state index in [1.807, 2.05) is 26.8 Å². The standard InChI is InChI=1S/C14H23N3O3/c1-14(2,3)10-7-9(5-6-12(18)20-4)8-11(13(10)19)17(15)16/h7-8,19H,5-6,15-16H2,1-4H3. The van der Waals surface area contributed by atoms with E-state index in [1.54, 1.807) is 6.07 Å². The fraction of sp³-hybridized carbons (Fsp3) is 0.500. The molecule has 0 amide bonds. The van der Waals surface area contributed by atoms with Gasteiger partial charge in [0.05, 0.1) is 7.11 Å². The first-order valence-electron chi connectivity index (χ1n) is 6.39. The van der Waals surface area contributed by atoms with Crippen molar-refractivity contribution in [2.24, 2.45) is 11.7 Å². The highest BCUT2D eigenvalue weighted by molar-refractivity contribution is 5.70. The first kappa shape index (κ1) is 16.3. The smallest absolute Gasteiger partial charge is 0.305 e. The van der Waals surface area contributed by atoms with Gasteiger partial charge < -0.3 is 9.84 Å². The molecule has 0 aliphatic rings. The fourth-order valence-electron chi connectivity index (χ4n) is 1.94. The molecule has 0 saturated carbocycles. The molecule has 5 N–H and O–H groups in total. The average molecular weight is 281 g/mol. The van der Waals surface area contributed by atoms with Gasteiger partial charge in [0.25, 0.3) is 0 Å². The van der Waals surface area contributed by atoms with E-state index in [9.17, 15) is 9.90 Å². The minimum atomic E-state index is -0.283. The highest BCUT2D eigenvalue weighted by Gasteiger charge is 2.22. The lowest BCUT2D eigenvalue weighted by atomic mass is 9.84. The number of ether oxygens (including phenoxy) is 1. The van der Waals surface area contributed by atoms with Crippen LogP contribution in [0.2, 0.25) is 0 Å². The van der Waals surface area contributed by atoms with Crippen LogP contribution in [0, 0.1) is 0 Å². The molecule has 0 aliphatic heterocycles. The van der Waals surface area contributed by atoms with Gasteiger partial charge in [-0.25, -0.2) is 16.8 Å². The molecule has 1 aromatic carbocycles. The summed E-state index contributed by atoms with van der Waals surface area (Å²) in [6, 6.07) is 3.54. The predicted octanol–water partition coefficient (Wildman–Crippen LogP) is 1.35. The molecule has 0 saturated heterocycles. The number of benzene rings is 1. The zero-order chi connectivity index (χ0) is 15.5. The number of nitrogens with two attached hydrogens (primary N) is 2. The van der Waals surface area contributed by atoms with E-state index in [4.69, 9.17) is 11.7 Å². The second kappa shape index (κ2) is 6.11. The molecule has 20 heavy (non-hydrogen) atoms. The number of anilines is 1. The van der Waals surface area contributed by atoms with Crippen LogP contribution in [0.3, 0.4) is 0 Å². The molecule has 0 spiro atoms. The maximum Gasteiger partial charge on any atom is 0.305 e. The van der Waals surface area contributed by atoms with Gasteiger partial charge in [-0.15, -0.1) is 0 Å². The number of hydrogen-bond acceptors (Lipinski definition) is 6. The Bertz CT molecular complexity index is 493. The number of methoxy groups -OCH3 is 1. The largest absolute Gasteiger partial charge is 0.505 e. The van der Waals surface area contributed by atoms with Crippen molar-refractivity contribution in [1.82, 2.24) is 0 Å². The molecule has 6 heteroatoms. The van der Waals surface area contributed by atoms with Crippen molar-refractivity contribution >= 4 is 11.7 Å². The van der Waals surface area contributed by atoms with Gasteiger partial charge >= 0.3 is 5.97 Å². The monoisotopic (exact) mass is 281 g/mol. The lowest BCUT2D eigenvalue weighted by Gasteiger charge is -2.25. The highest BCUT2D eigenvalue weighted by atomic mass is 16.5. The zero-order valence-corrected chi connectivity index (χ0v) is 12.4. The Balaban J connectivity index is 3.19. The van der Waals surface area contributed by atoms with Gasteiger partial charge in [-0.05, 0) is 23.5 Å². The Hall–Kier alpha value is -1.79. The third kappa shape index (κ3) is 3.85. The Morgan fingerprint density at radius 1 is 1.35 bits per heavy atom. The molecule has 0 aliphatic carbocycles. The number of esters is 1. The van der Waals surface area contributed by atoms with E-state index in [-0.39, 0.29) is 23.6 Å². The molecule has 1 aromatic rings. The number of hydrazine groups is 2. The van der Waals surface area contributed by atoms with E-state index < -0.39 is 0 Å². The molecule has 1 rings (SSSR count). The lowest BCUT2D eigenvalue weighted by Crippen LogP contribution is -2.38. The SMILES string of the molecule is COC(=O)CCc1cc(N(N)N)c(O)c(C(C)(C)C)c1. The molecular weight excluding hydrogens is 258 g/mol. The maximum absolute atomic E-state index is 11.2. The van der Waals surface area contributed by atoms with Crippen molar-refractivity contribution < 1.29 is 14.6 Å². The number of phenols is 1. The van der Waals surface area contributed by atoms with Crippen LogP contribution in [0.15, 0.2) is 12.1 Å². The van der Waals surface area contributed by atoms with Crippen molar-refractivity contribution in [2.45, 2.75) is 39.0 Å². The summed E-state index contributed by atoms with van der Waals surface area (Å²) < 4.78 is 4.62. The van der Waals surface area contributed by atoms with Crippen LogP contribution in [0.25, 0.3) is 0 Å². The van der Waals surface area contributed by atoms with Crippen molar-refractivity contribution in [3.05, 3.63) is 23.3 Å². The molecule has 112 valence electrons. The van der Waals surface area contributed by atoms with E-state index in [2.05, 4.69) is 4.74 Å². The van der Waals surface area contributed by atoms with Crippen LogP contribution < -0.4 is 16.8 Å². The zero-order valence-electron chi connectivity index (χ0n) is 12.4. The van der Waals surface area contributed by atoms with Gasteiger partial charge in [-0.3, -0.25) is 4.79 Å². The van der Waals surface area contributed by atoms with E-state index >= 15 is 0 Å². The van der Waals surface area contributed by atoms with Crippen LogP contribution >= 0.6 is 0 Å². The molecule has 0 fully saturated rings. The van der Waals surface area contributed by atoms with E-state index in [0.29, 0.717) is 12.1 Å². The first-order valence-corrected chi connectivity index (χ1v) is 6.39. The van der Waals surface area contributed by atoms with E-state index in [1.165, 1.54) is 7.11 Å². The normalized spacial score (nSPS) is 11.3. The third-order valence-corrected chi connectivity index (χ3v) is 3.08. The summed E-state index contributed by atoms with van der Waals surface area (Å²) in [4.78, 5) is 11.2. The molecule has 0 bridgehead atoms. The number of carbonyl (C=O) groups is 1. The quantitative estimate of drug-likeness (QED) is 0.437. The summed E-state index contributed by atoms with van der Waals surface area (Å²) in [6.45, 7) is 5.94. The van der Waals surface area contributed by atoms with Gasteiger partial charge in [0.2, 0.25) is 0 Å². The molecule has 0 aromatic heterocycles. The van der Waals surface area contributed by atoms with Crippen LogP contribution in [-0.4, -0.2) is 18.2 Å². The number of nitrogens with zero attached hydrogens (tertiary/aromatic N) is 1. The molecule has 0 atom stereocenters. The Kier molecular flexibility index (Phi) is 4.97.